The number of aromatic nitrogens is 4. The maximum Gasteiger partial charge on any atom is 0.419 e. The maximum absolute atomic E-state index is 13.4. The van der Waals surface area contributed by atoms with Crippen molar-refractivity contribution in [2.75, 3.05) is 0 Å². The van der Waals surface area contributed by atoms with Crippen molar-refractivity contribution in [3.05, 3.63) is 68.8 Å². The van der Waals surface area contributed by atoms with Crippen molar-refractivity contribution < 1.29 is 22.3 Å². The van der Waals surface area contributed by atoms with Crippen molar-refractivity contribution in [3.8, 4) is 11.4 Å². The average Bonchev–Trinajstić information content (AvgIpc) is 2.91. The maximum atomic E-state index is 13.4. The average molecular weight is 403 g/mol. The van der Waals surface area contributed by atoms with Gasteiger partial charge in [-0.05, 0) is 34.7 Å². The quantitative estimate of drug-likeness (QED) is 0.628. The highest BCUT2D eigenvalue weighted by Crippen LogP contribution is 2.37. The third-order valence-corrected chi connectivity index (χ3v) is 4.02. The molecule has 0 amide bonds. The van der Waals surface area contributed by atoms with Crippen LogP contribution in [0.25, 0.3) is 5.69 Å². The van der Waals surface area contributed by atoms with Crippen molar-refractivity contribution in [1.29, 1.82) is 0 Å². The first-order valence-corrected chi connectivity index (χ1v) is 7.82. The minimum absolute atomic E-state index is 0.134. The van der Waals surface area contributed by atoms with Crippen molar-refractivity contribution >= 4 is 11.6 Å². The second-order valence-corrected chi connectivity index (χ2v) is 5.87. The Kier molecular flexibility index (Phi) is 4.92. The molecule has 1 heterocycles. The van der Waals surface area contributed by atoms with Crippen LogP contribution in [0.15, 0.2) is 41.2 Å². The number of hydrogen-bond donors (Lipinski definition) is 0. The summed E-state index contributed by atoms with van der Waals surface area (Å²) in [5.74, 6) is -1.58. The van der Waals surface area contributed by atoms with Crippen LogP contribution < -0.4 is 10.4 Å². The highest BCUT2D eigenvalue weighted by molar-refractivity contribution is 6.31. The number of aryl methyl sites for hydroxylation is 1. The summed E-state index contributed by atoms with van der Waals surface area (Å²) in [7, 11) is 1.38. The molecule has 0 unspecified atom stereocenters. The number of rotatable bonds is 4. The van der Waals surface area contributed by atoms with Gasteiger partial charge in [-0.1, -0.05) is 17.7 Å². The molecule has 0 aliphatic carbocycles. The smallest absolute Gasteiger partial charge is 0.419 e. The topological polar surface area (TPSA) is 61.9 Å². The molecule has 0 aliphatic rings. The molecule has 0 saturated carbocycles. The molecule has 6 nitrogen and oxygen atoms in total. The van der Waals surface area contributed by atoms with Crippen LogP contribution in [0.5, 0.6) is 5.75 Å². The van der Waals surface area contributed by atoms with Crippen molar-refractivity contribution in [2.24, 2.45) is 7.05 Å². The third-order valence-electron chi connectivity index (χ3n) is 3.67. The largest absolute Gasteiger partial charge is 0.488 e. The van der Waals surface area contributed by atoms with E-state index in [1.54, 1.807) is 0 Å². The molecule has 0 saturated heterocycles. The van der Waals surface area contributed by atoms with Crippen molar-refractivity contribution in [3.63, 3.8) is 0 Å². The number of hydrogen-bond acceptors (Lipinski definition) is 4. The summed E-state index contributed by atoms with van der Waals surface area (Å²) in [5.41, 5.74) is -1.33. The Morgan fingerprint density at radius 3 is 2.56 bits per heavy atom. The van der Waals surface area contributed by atoms with E-state index in [4.69, 9.17) is 16.3 Å². The summed E-state index contributed by atoms with van der Waals surface area (Å²) in [5, 5.41) is 7.38. The molecule has 1 aromatic heterocycles. The zero-order chi connectivity index (χ0) is 19.8. The molecule has 0 radical (unpaired) electrons. The number of alkyl halides is 3. The summed E-state index contributed by atoms with van der Waals surface area (Å²) in [6.45, 7) is -0.454. The van der Waals surface area contributed by atoms with E-state index < -0.39 is 35.6 Å². The molecule has 142 valence electrons. The third kappa shape index (κ3) is 3.80. The van der Waals surface area contributed by atoms with Gasteiger partial charge in [0.05, 0.1) is 11.3 Å². The van der Waals surface area contributed by atoms with E-state index in [0.29, 0.717) is 18.2 Å². The summed E-state index contributed by atoms with van der Waals surface area (Å²) >= 11 is 6.12. The van der Waals surface area contributed by atoms with E-state index in [9.17, 15) is 22.4 Å². The monoisotopic (exact) mass is 402 g/mol. The Balaban J connectivity index is 2.00. The van der Waals surface area contributed by atoms with Gasteiger partial charge in [0.2, 0.25) is 0 Å². The fourth-order valence-corrected chi connectivity index (χ4v) is 2.58. The van der Waals surface area contributed by atoms with Crippen molar-refractivity contribution in [1.82, 2.24) is 19.8 Å². The number of halogens is 5. The van der Waals surface area contributed by atoms with Gasteiger partial charge in [-0.2, -0.15) is 22.5 Å². The fourth-order valence-electron chi connectivity index (χ4n) is 2.35. The lowest BCUT2D eigenvalue weighted by molar-refractivity contribution is -0.139. The Morgan fingerprint density at radius 2 is 1.93 bits per heavy atom. The van der Waals surface area contributed by atoms with Crippen LogP contribution in [0.4, 0.5) is 17.6 Å². The summed E-state index contributed by atoms with van der Waals surface area (Å²) in [4.78, 5) is 12.1. The fraction of sp³-hybridized carbons (Fsp3) is 0.188. The van der Waals surface area contributed by atoms with Crippen LogP contribution >= 0.6 is 11.6 Å². The van der Waals surface area contributed by atoms with Gasteiger partial charge >= 0.3 is 11.9 Å². The van der Waals surface area contributed by atoms with Crippen LogP contribution in [0.2, 0.25) is 5.02 Å². The van der Waals surface area contributed by atoms with Gasteiger partial charge in [0.25, 0.3) is 0 Å². The summed E-state index contributed by atoms with van der Waals surface area (Å²) < 4.78 is 59.8. The molecule has 0 fully saturated rings. The van der Waals surface area contributed by atoms with Crippen molar-refractivity contribution in [2.45, 2.75) is 12.8 Å². The molecule has 0 atom stereocenters. The molecule has 3 aromatic rings. The van der Waals surface area contributed by atoms with Gasteiger partial charge in [0, 0.05) is 23.7 Å². The zero-order valence-corrected chi connectivity index (χ0v) is 14.4. The first kappa shape index (κ1) is 18.9. The van der Waals surface area contributed by atoms with Crippen LogP contribution in [0.1, 0.15) is 11.1 Å². The second kappa shape index (κ2) is 7.03. The number of ether oxygens (including phenoxy) is 1. The van der Waals surface area contributed by atoms with Crippen LogP contribution in [0.3, 0.4) is 0 Å². The molecule has 0 bridgehead atoms. The number of benzene rings is 2. The van der Waals surface area contributed by atoms with E-state index in [-0.39, 0.29) is 16.3 Å². The lowest BCUT2D eigenvalue weighted by Crippen LogP contribution is -2.23. The highest BCUT2D eigenvalue weighted by Gasteiger charge is 2.34. The van der Waals surface area contributed by atoms with E-state index in [0.717, 1.165) is 9.36 Å². The molecule has 2 aromatic carbocycles. The first-order chi connectivity index (χ1) is 12.7. The second-order valence-electron chi connectivity index (χ2n) is 5.46. The Hall–Kier alpha value is -2.88. The minimum Gasteiger partial charge on any atom is -0.488 e. The van der Waals surface area contributed by atoms with E-state index in [1.807, 2.05) is 0 Å². The Morgan fingerprint density at radius 1 is 1.19 bits per heavy atom. The van der Waals surface area contributed by atoms with E-state index >= 15 is 0 Å². The minimum atomic E-state index is -4.73. The Bertz CT molecular complexity index is 1050. The van der Waals surface area contributed by atoms with Gasteiger partial charge in [-0.3, -0.25) is 0 Å². The van der Waals surface area contributed by atoms with Gasteiger partial charge in [0.1, 0.15) is 18.2 Å². The summed E-state index contributed by atoms with van der Waals surface area (Å²) in [6, 6.07) is 6.40. The lowest BCUT2D eigenvalue weighted by Gasteiger charge is -2.16. The van der Waals surface area contributed by atoms with Crippen LogP contribution in [-0.4, -0.2) is 19.8 Å². The first-order valence-electron chi connectivity index (χ1n) is 7.45. The summed E-state index contributed by atoms with van der Waals surface area (Å²) in [6.07, 6.45) is -4.73. The predicted molar refractivity (Wildman–Crippen MR) is 87.3 cm³/mol. The number of tetrazole rings is 1. The van der Waals surface area contributed by atoms with E-state index in [1.165, 1.54) is 25.2 Å². The highest BCUT2D eigenvalue weighted by atomic mass is 35.5. The molecule has 27 heavy (non-hydrogen) atoms. The molecule has 0 spiro atoms. The predicted octanol–water partition coefficient (Wildman–Crippen LogP) is 3.36. The molecule has 11 heteroatoms. The van der Waals surface area contributed by atoms with E-state index in [2.05, 4.69) is 10.4 Å². The molecular formula is C16H11ClF4N4O2. The van der Waals surface area contributed by atoms with Gasteiger partial charge in [-0.25, -0.2) is 9.18 Å². The molecular weight excluding hydrogens is 392 g/mol. The lowest BCUT2D eigenvalue weighted by atomic mass is 10.1. The van der Waals surface area contributed by atoms with Gasteiger partial charge in [-0.15, -0.1) is 0 Å². The zero-order valence-electron chi connectivity index (χ0n) is 13.7. The molecule has 3 rings (SSSR count). The molecule has 0 aliphatic heterocycles. The van der Waals surface area contributed by atoms with Crippen LogP contribution in [-0.2, 0) is 19.8 Å². The normalized spacial score (nSPS) is 11.6. The molecule has 0 N–H and O–H groups in total. The van der Waals surface area contributed by atoms with Crippen LogP contribution in [0, 0.1) is 5.82 Å². The Labute approximate surface area is 154 Å². The standard InChI is InChI=1S/C16H11ClF4N4O2/c1-24-15(26)25(23-22-24)13-4-2-3-12(17)10(13)8-27-14-7-9(18)5-6-11(14)16(19,20)21/h2-7H,8H2,1H3. The van der Waals surface area contributed by atoms with Gasteiger partial charge < -0.3 is 4.74 Å². The van der Waals surface area contributed by atoms with Gasteiger partial charge in [0.15, 0.2) is 0 Å². The number of nitrogens with zero attached hydrogens (tertiary/aromatic N) is 4. The SMILES string of the molecule is Cn1nnn(-c2cccc(Cl)c2COc2cc(F)ccc2C(F)(F)F)c1=O.